The average molecular weight is 216 g/mol. The van der Waals surface area contributed by atoms with Crippen LogP contribution in [0.25, 0.3) is 10.8 Å². The first-order chi connectivity index (χ1) is 7.72. The highest BCUT2D eigenvalue weighted by molar-refractivity contribution is 5.86. The van der Waals surface area contributed by atoms with Gasteiger partial charge in [0.05, 0.1) is 0 Å². The number of carbonyl (C=O) groups is 1. The Bertz CT molecular complexity index is 501. The van der Waals surface area contributed by atoms with Crippen molar-refractivity contribution in [3.63, 3.8) is 0 Å². The van der Waals surface area contributed by atoms with Crippen molar-refractivity contribution in [1.29, 1.82) is 0 Å². The zero-order valence-corrected chi connectivity index (χ0v) is 9.58. The monoisotopic (exact) mass is 216 g/mol. The fourth-order valence-electron chi connectivity index (χ4n) is 2.00. The molecule has 0 aliphatic carbocycles. The first kappa shape index (κ1) is 10.7. The molecule has 16 heavy (non-hydrogen) atoms. The molecule has 0 aliphatic heterocycles. The van der Waals surface area contributed by atoms with E-state index in [1.54, 1.807) is 7.05 Å². The minimum absolute atomic E-state index is 0.00509. The molecule has 1 heterocycles. The molecule has 2 aromatic rings. The number of aromatic amines is 1. The van der Waals surface area contributed by atoms with Crippen LogP contribution in [0.2, 0.25) is 0 Å². The second-order valence-electron chi connectivity index (χ2n) is 4.09. The maximum Gasteiger partial charge on any atom is 0.222 e. The largest absolute Gasteiger partial charge is 0.366 e. The number of carbonyl (C=O) groups excluding carboxylic acids is 1. The Labute approximate surface area is 94.9 Å². The van der Waals surface area contributed by atoms with Gasteiger partial charge >= 0.3 is 0 Å². The van der Waals surface area contributed by atoms with Crippen molar-refractivity contribution >= 4 is 16.7 Å². The number of H-pyrrole nitrogens is 1. The van der Waals surface area contributed by atoms with Gasteiger partial charge in [-0.2, -0.15) is 0 Å². The minimum atomic E-state index is 0.00509. The fourth-order valence-corrected chi connectivity index (χ4v) is 2.00. The van der Waals surface area contributed by atoms with Crippen LogP contribution < -0.4 is 5.32 Å². The van der Waals surface area contributed by atoms with E-state index in [4.69, 9.17) is 0 Å². The summed E-state index contributed by atoms with van der Waals surface area (Å²) in [6.07, 6.45) is 4.74. The van der Waals surface area contributed by atoms with E-state index in [1.165, 1.54) is 16.3 Å². The Morgan fingerprint density at radius 3 is 3.00 bits per heavy atom. The van der Waals surface area contributed by atoms with Gasteiger partial charge in [-0.25, -0.2) is 0 Å². The molecule has 1 atom stereocenters. The molecule has 0 spiro atoms. The summed E-state index contributed by atoms with van der Waals surface area (Å²) in [6.45, 7) is 1.95. The predicted molar refractivity (Wildman–Crippen MR) is 65.2 cm³/mol. The highest BCUT2D eigenvalue weighted by Crippen LogP contribution is 2.20. The van der Waals surface area contributed by atoms with Crippen LogP contribution >= 0.6 is 0 Å². The Hall–Kier alpha value is -1.77. The molecule has 2 N–H and O–H groups in total. The highest BCUT2D eigenvalue weighted by Gasteiger charge is 2.13. The third-order valence-electron chi connectivity index (χ3n) is 2.92. The molecule has 0 saturated heterocycles. The number of aromatic nitrogens is 1. The highest BCUT2D eigenvalue weighted by atomic mass is 16.1. The van der Waals surface area contributed by atoms with Crippen molar-refractivity contribution in [1.82, 2.24) is 10.3 Å². The molecular formula is C13H16N2O. The predicted octanol–water partition coefficient (Wildman–Crippen LogP) is 2.09. The van der Waals surface area contributed by atoms with Gasteiger partial charge in [0.15, 0.2) is 0 Å². The summed E-state index contributed by atoms with van der Waals surface area (Å²) >= 11 is 0. The van der Waals surface area contributed by atoms with Crippen LogP contribution in [0.1, 0.15) is 12.5 Å². The van der Waals surface area contributed by atoms with Crippen LogP contribution in [0, 0.1) is 5.92 Å². The molecule has 0 aliphatic rings. The molecule has 2 rings (SSSR count). The lowest BCUT2D eigenvalue weighted by molar-refractivity contribution is -0.123. The van der Waals surface area contributed by atoms with Crippen molar-refractivity contribution in [2.24, 2.45) is 5.92 Å². The third kappa shape index (κ3) is 1.94. The lowest BCUT2D eigenvalue weighted by Crippen LogP contribution is -2.26. The third-order valence-corrected chi connectivity index (χ3v) is 2.92. The second kappa shape index (κ2) is 4.39. The second-order valence-corrected chi connectivity index (χ2v) is 4.09. The van der Waals surface area contributed by atoms with Crippen molar-refractivity contribution in [2.75, 3.05) is 7.05 Å². The lowest BCUT2D eigenvalue weighted by Gasteiger charge is -2.10. The summed E-state index contributed by atoms with van der Waals surface area (Å²) in [4.78, 5) is 14.6. The molecule has 1 aromatic carbocycles. The van der Waals surface area contributed by atoms with Crippen LogP contribution in [0.4, 0.5) is 0 Å². The SMILES string of the molecule is CNC(=O)C(C)Cc1cccc2c[nH]cc12. The van der Waals surface area contributed by atoms with Gasteiger partial charge < -0.3 is 10.3 Å². The van der Waals surface area contributed by atoms with E-state index >= 15 is 0 Å². The van der Waals surface area contributed by atoms with E-state index in [0.29, 0.717) is 0 Å². The molecule has 0 radical (unpaired) electrons. The number of benzene rings is 1. The standard InChI is InChI=1S/C13H16N2O/c1-9(13(16)14-2)6-10-4-3-5-11-7-15-8-12(10)11/h3-5,7-9,15H,6H2,1-2H3,(H,14,16). The number of fused-ring (bicyclic) bond motifs is 1. The average Bonchev–Trinajstić information content (AvgIpc) is 2.77. The minimum Gasteiger partial charge on any atom is -0.366 e. The number of hydrogen-bond acceptors (Lipinski definition) is 1. The number of nitrogens with one attached hydrogen (secondary N) is 2. The van der Waals surface area contributed by atoms with Crippen LogP contribution in [0.15, 0.2) is 30.6 Å². The molecule has 3 heteroatoms. The molecule has 0 bridgehead atoms. The molecular weight excluding hydrogens is 200 g/mol. The van der Waals surface area contributed by atoms with E-state index in [0.717, 1.165) is 6.42 Å². The van der Waals surface area contributed by atoms with Gasteiger partial charge in [0.25, 0.3) is 0 Å². The molecule has 3 nitrogen and oxygen atoms in total. The van der Waals surface area contributed by atoms with Gasteiger partial charge in [-0.3, -0.25) is 4.79 Å². The molecule has 1 unspecified atom stereocenters. The molecule has 1 amide bonds. The van der Waals surface area contributed by atoms with Gasteiger partial charge in [0.2, 0.25) is 5.91 Å². The van der Waals surface area contributed by atoms with E-state index in [2.05, 4.69) is 22.4 Å². The molecule has 0 fully saturated rings. The zero-order valence-electron chi connectivity index (χ0n) is 9.58. The Morgan fingerprint density at radius 1 is 1.44 bits per heavy atom. The van der Waals surface area contributed by atoms with Gasteiger partial charge in [-0.1, -0.05) is 25.1 Å². The van der Waals surface area contributed by atoms with Crippen molar-refractivity contribution < 1.29 is 4.79 Å². The summed E-state index contributed by atoms with van der Waals surface area (Å²) in [5.41, 5.74) is 1.22. The summed E-state index contributed by atoms with van der Waals surface area (Å²) in [6, 6.07) is 6.18. The van der Waals surface area contributed by atoms with Crippen LogP contribution in [-0.2, 0) is 11.2 Å². The molecule has 84 valence electrons. The van der Waals surface area contributed by atoms with E-state index in [-0.39, 0.29) is 11.8 Å². The van der Waals surface area contributed by atoms with Crippen molar-refractivity contribution in [3.05, 3.63) is 36.2 Å². The van der Waals surface area contributed by atoms with Crippen LogP contribution in [0.5, 0.6) is 0 Å². The summed E-state index contributed by atoms with van der Waals surface area (Å²) < 4.78 is 0. The normalized spacial score (nSPS) is 12.6. The Kier molecular flexibility index (Phi) is 2.95. The van der Waals surface area contributed by atoms with Crippen LogP contribution in [-0.4, -0.2) is 17.9 Å². The maximum atomic E-state index is 11.5. The first-order valence-corrected chi connectivity index (χ1v) is 5.48. The lowest BCUT2D eigenvalue weighted by atomic mass is 9.97. The summed E-state index contributed by atoms with van der Waals surface area (Å²) in [5.74, 6) is 0.0954. The summed E-state index contributed by atoms with van der Waals surface area (Å²) in [7, 11) is 1.68. The smallest absolute Gasteiger partial charge is 0.222 e. The van der Waals surface area contributed by atoms with E-state index in [9.17, 15) is 4.79 Å². The van der Waals surface area contributed by atoms with Gasteiger partial charge in [0, 0.05) is 30.7 Å². The van der Waals surface area contributed by atoms with Gasteiger partial charge in [0.1, 0.15) is 0 Å². The van der Waals surface area contributed by atoms with Gasteiger partial charge in [-0.15, -0.1) is 0 Å². The number of amides is 1. The summed E-state index contributed by atoms with van der Waals surface area (Å²) in [5, 5.41) is 5.08. The number of hydrogen-bond donors (Lipinski definition) is 2. The topological polar surface area (TPSA) is 44.9 Å². The number of rotatable bonds is 3. The fraction of sp³-hybridized carbons (Fsp3) is 0.308. The van der Waals surface area contributed by atoms with E-state index < -0.39 is 0 Å². The maximum absolute atomic E-state index is 11.5. The van der Waals surface area contributed by atoms with E-state index in [1.807, 2.05) is 25.4 Å². The first-order valence-electron chi connectivity index (χ1n) is 5.48. The molecule has 0 saturated carbocycles. The Balaban J connectivity index is 2.27. The van der Waals surface area contributed by atoms with Crippen molar-refractivity contribution in [2.45, 2.75) is 13.3 Å². The van der Waals surface area contributed by atoms with Crippen molar-refractivity contribution in [3.8, 4) is 0 Å². The van der Waals surface area contributed by atoms with Crippen LogP contribution in [0.3, 0.4) is 0 Å². The Morgan fingerprint density at radius 2 is 2.25 bits per heavy atom. The quantitative estimate of drug-likeness (QED) is 0.810. The van der Waals surface area contributed by atoms with Gasteiger partial charge in [-0.05, 0) is 17.4 Å². The zero-order chi connectivity index (χ0) is 11.5. The molecule has 1 aromatic heterocycles.